The van der Waals surface area contributed by atoms with Crippen molar-refractivity contribution < 1.29 is 9.53 Å². The van der Waals surface area contributed by atoms with Gasteiger partial charge in [-0.1, -0.05) is 30.3 Å². The van der Waals surface area contributed by atoms with Crippen molar-refractivity contribution in [3.05, 3.63) is 54.1 Å². The van der Waals surface area contributed by atoms with Gasteiger partial charge in [0.05, 0.1) is 6.61 Å². The Morgan fingerprint density at radius 1 is 1.38 bits per heavy atom. The number of nitrogens with zero attached hydrogens (tertiary/aromatic N) is 2. The summed E-state index contributed by atoms with van der Waals surface area (Å²) < 4.78 is 6.81. The van der Waals surface area contributed by atoms with Gasteiger partial charge in [0.15, 0.2) is 0 Å². The number of hydrogen-bond acceptors (Lipinski definition) is 3. The summed E-state index contributed by atoms with van der Waals surface area (Å²) in [5, 5.41) is 5.70. The van der Waals surface area contributed by atoms with Gasteiger partial charge < -0.3 is 19.9 Å². The predicted molar refractivity (Wildman–Crippen MR) is 79.9 cm³/mol. The summed E-state index contributed by atoms with van der Waals surface area (Å²) in [7, 11) is 3.50. The quantitative estimate of drug-likeness (QED) is 0.791. The molecular formula is C15H20N4O2. The highest BCUT2D eigenvalue weighted by Gasteiger charge is 2.20. The number of methoxy groups -OCH3 is 1. The van der Waals surface area contributed by atoms with Gasteiger partial charge in [-0.15, -0.1) is 0 Å². The van der Waals surface area contributed by atoms with E-state index in [1.54, 1.807) is 13.3 Å². The van der Waals surface area contributed by atoms with Crippen molar-refractivity contribution in [1.82, 2.24) is 20.2 Å². The molecule has 6 nitrogen and oxygen atoms in total. The van der Waals surface area contributed by atoms with Crippen LogP contribution in [0.1, 0.15) is 17.4 Å². The Bertz CT molecular complexity index is 568. The highest BCUT2D eigenvalue weighted by molar-refractivity contribution is 5.74. The Hall–Kier alpha value is -2.34. The van der Waals surface area contributed by atoms with Crippen LogP contribution in [0.25, 0.3) is 0 Å². The van der Waals surface area contributed by atoms with Crippen molar-refractivity contribution in [3.8, 4) is 0 Å². The summed E-state index contributed by atoms with van der Waals surface area (Å²) in [6.07, 6.45) is 3.57. The van der Waals surface area contributed by atoms with E-state index in [9.17, 15) is 4.79 Å². The largest absolute Gasteiger partial charge is 0.383 e. The number of amides is 2. The SMILES string of the molecule is COCCNC(=O)NC(c1ccccc1)c1nccn1C. The summed E-state index contributed by atoms with van der Waals surface area (Å²) in [6, 6.07) is 9.21. The standard InChI is InChI=1S/C15H20N4O2/c1-19-10-8-16-14(19)13(12-6-4-3-5-7-12)18-15(20)17-9-11-21-2/h3-8,10,13H,9,11H2,1-2H3,(H2,17,18,20). The molecule has 6 heteroatoms. The highest BCUT2D eigenvalue weighted by atomic mass is 16.5. The molecule has 0 aliphatic rings. The molecule has 0 radical (unpaired) electrons. The summed E-state index contributed by atoms with van der Waals surface area (Å²) in [5.41, 5.74) is 0.980. The van der Waals surface area contributed by atoms with Crippen LogP contribution in [0.3, 0.4) is 0 Å². The Morgan fingerprint density at radius 2 is 2.14 bits per heavy atom. The minimum absolute atomic E-state index is 0.246. The molecule has 0 fully saturated rings. The van der Waals surface area contributed by atoms with Gasteiger partial charge in [0.1, 0.15) is 11.9 Å². The van der Waals surface area contributed by atoms with Crippen molar-refractivity contribution in [2.75, 3.05) is 20.3 Å². The normalized spacial score (nSPS) is 11.9. The van der Waals surface area contributed by atoms with Crippen molar-refractivity contribution in [2.24, 2.45) is 7.05 Å². The second-order valence-corrected chi connectivity index (χ2v) is 4.63. The second-order valence-electron chi connectivity index (χ2n) is 4.63. The van der Waals surface area contributed by atoms with Gasteiger partial charge in [0, 0.05) is 33.1 Å². The maximum atomic E-state index is 12.0. The monoisotopic (exact) mass is 288 g/mol. The fourth-order valence-electron chi connectivity index (χ4n) is 2.05. The van der Waals surface area contributed by atoms with Gasteiger partial charge in [-0.2, -0.15) is 0 Å². The zero-order chi connectivity index (χ0) is 15.1. The third-order valence-corrected chi connectivity index (χ3v) is 3.12. The number of benzene rings is 1. The fourth-order valence-corrected chi connectivity index (χ4v) is 2.05. The molecule has 1 atom stereocenters. The van der Waals surface area contributed by atoms with Crippen LogP contribution in [0, 0.1) is 0 Å². The maximum absolute atomic E-state index is 12.0. The fraction of sp³-hybridized carbons (Fsp3) is 0.333. The average molecular weight is 288 g/mol. The molecule has 1 aromatic heterocycles. The number of urea groups is 1. The van der Waals surface area contributed by atoms with E-state index in [1.807, 2.05) is 48.1 Å². The molecule has 0 saturated carbocycles. The minimum atomic E-state index is -0.297. The number of aromatic nitrogens is 2. The van der Waals surface area contributed by atoms with E-state index in [2.05, 4.69) is 15.6 Å². The van der Waals surface area contributed by atoms with Gasteiger partial charge in [0.2, 0.25) is 0 Å². The smallest absolute Gasteiger partial charge is 0.315 e. The van der Waals surface area contributed by atoms with E-state index >= 15 is 0 Å². The van der Waals surface area contributed by atoms with E-state index in [4.69, 9.17) is 4.74 Å². The minimum Gasteiger partial charge on any atom is -0.383 e. The number of ether oxygens (including phenoxy) is 1. The first-order valence-corrected chi connectivity index (χ1v) is 6.78. The average Bonchev–Trinajstić information content (AvgIpc) is 2.92. The number of carbonyl (C=O) groups is 1. The summed E-state index contributed by atoms with van der Waals surface area (Å²) in [5.74, 6) is 0.781. The molecule has 21 heavy (non-hydrogen) atoms. The Labute approximate surface area is 124 Å². The van der Waals surface area contributed by atoms with Crippen LogP contribution in [-0.4, -0.2) is 35.8 Å². The number of nitrogens with one attached hydrogen (secondary N) is 2. The van der Waals surface area contributed by atoms with Crippen LogP contribution in [0.4, 0.5) is 4.79 Å². The van der Waals surface area contributed by atoms with Crippen molar-refractivity contribution in [2.45, 2.75) is 6.04 Å². The lowest BCUT2D eigenvalue weighted by Crippen LogP contribution is -2.40. The molecule has 2 amide bonds. The first-order chi connectivity index (χ1) is 10.2. The molecular weight excluding hydrogens is 268 g/mol. The molecule has 2 N–H and O–H groups in total. The van der Waals surface area contributed by atoms with Crippen LogP contribution < -0.4 is 10.6 Å². The van der Waals surface area contributed by atoms with Gasteiger partial charge in [-0.25, -0.2) is 9.78 Å². The topological polar surface area (TPSA) is 68.2 Å². The van der Waals surface area contributed by atoms with Crippen molar-refractivity contribution in [3.63, 3.8) is 0 Å². The van der Waals surface area contributed by atoms with E-state index in [0.717, 1.165) is 11.4 Å². The molecule has 112 valence electrons. The lowest BCUT2D eigenvalue weighted by molar-refractivity contribution is 0.195. The lowest BCUT2D eigenvalue weighted by atomic mass is 10.1. The van der Waals surface area contributed by atoms with E-state index < -0.39 is 0 Å². The van der Waals surface area contributed by atoms with E-state index in [-0.39, 0.29) is 12.1 Å². The Kier molecular flexibility index (Phi) is 5.34. The zero-order valence-corrected chi connectivity index (χ0v) is 12.2. The first-order valence-electron chi connectivity index (χ1n) is 6.78. The number of hydrogen-bond donors (Lipinski definition) is 2. The first kappa shape index (κ1) is 15.1. The molecule has 0 spiro atoms. The molecule has 1 unspecified atom stereocenters. The Balaban J connectivity index is 2.14. The lowest BCUT2D eigenvalue weighted by Gasteiger charge is -2.19. The van der Waals surface area contributed by atoms with E-state index in [0.29, 0.717) is 13.2 Å². The van der Waals surface area contributed by atoms with Gasteiger partial charge >= 0.3 is 6.03 Å². The number of imidazole rings is 1. The van der Waals surface area contributed by atoms with Crippen LogP contribution in [0.2, 0.25) is 0 Å². The molecule has 0 saturated heterocycles. The molecule has 0 bridgehead atoms. The molecule has 0 aliphatic heterocycles. The molecule has 1 heterocycles. The van der Waals surface area contributed by atoms with Gasteiger partial charge in [0.25, 0.3) is 0 Å². The summed E-state index contributed by atoms with van der Waals surface area (Å²) >= 11 is 0. The number of carbonyl (C=O) groups excluding carboxylic acids is 1. The number of rotatable bonds is 6. The van der Waals surface area contributed by atoms with E-state index in [1.165, 1.54) is 0 Å². The zero-order valence-electron chi connectivity index (χ0n) is 12.2. The molecule has 0 aliphatic carbocycles. The predicted octanol–water partition coefficient (Wildman–Crippen LogP) is 1.46. The van der Waals surface area contributed by atoms with Crippen molar-refractivity contribution >= 4 is 6.03 Å². The molecule has 2 aromatic rings. The van der Waals surface area contributed by atoms with Crippen molar-refractivity contribution in [1.29, 1.82) is 0 Å². The van der Waals surface area contributed by atoms with Crippen LogP contribution in [0.5, 0.6) is 0 Å². The van der Waals surface area contributed by atoms with Crippen LogP contribution >= 0.6 is 0 Å². The van der Waals surface area contributed by atoms with Crippen LogP contribution in [-0.2, 0) is 11.8 Å². The summed E-state index contributed by atoms with van der Waals surface area (Å²) in [4.78, 5) is 16.3. The van der Waals surface area contributed by atoms with Crippen LogP contribution in [0.15, 0.2) is 42.7 Å². The van der Waals surface area contributed by atoms with Gasteiger partial charge in [-0.3, -0.25) is 0 Å². The molecule has 2 rings (SSSR count). The molecule has 1 aromatic carbocycles. The second kappa shape index (κ2) is 7.44. The maximum Gasteiger partial charge on any atom is 0.315 e. The Morgan fingerprint density at radius 3 is 2.76 bits per heavy atom. The summed E-state index contributed by atoms with van der Waals surface area (Å²) in [6.45, 7) is 0.941. The third kappa shape index (κ3) is 4.06. The highest BCUT2D eigenvalue weighted by Crippen LogP contribution is 2.19. The van der Waals surface area contributed by atoms with Gasteiger partial charge in [-0.05, 0) is 5.56 Å². The number of aryl methyl sites for hydroxylation is 1. The third-order valence-electron chi connectivity index (χ3n) is 3.12.